The van der Waals surface area contributed by atoms with E-state index in [1.807, 2.05) is 12.1 Å². The van der Waals surface area contributed by atoms with Gasteiger partial charge in [-0.2, -0.15) is 0 Å². The highest BCUT2D eigenvalue weighted by atomic mass is 35.5. The van der Waals surface area contributed by atoms with Crippen LogP contribution in [0.4, 0.5) is 10.8 Å². The van der Waals surface area contributed by atoms with Gasteiger partial charge in [0.2, 0.25) is 0 Å². The second-order valence-electron chi connectivity index (χ2n) is 9.03. The highest BCUT2D eigenvalue weighted by Gasteiger charge is 2.21. The molecule has 1 aliphatic heterocycles. The fourth-order valence-corrected chi connectivity index (χ4v) is 6.57. The van der Waals surface area contributed by atoms with Crippen LogP contribution in [-0.2, 0) is 10.0 Å². The average molecular weight is 623 g/mol. The Kier molecular flexibility index (Phi) is 9.75. The average Bonchev–Trinajstić information content (AvgIpc) is 3.38. The molecule has 1 amide bonds. The molecule has 0 unspecified atom stereocenters. The molecule has 1 aromatic heterocycles. The number of carbonyl (C=O) groups excluding carboxylic acids is 1. The van der Waals surface area contributed by atoms with Crippen LogP contribution in [-0.4, -0.2) is 70.6 Å². The van der Waals surface area contributed by atoms with Crippen LogP contribution in [0.2, 0.25) is 5.02 Å². The fourth-order valence-electron chi connectivity index (χ4n) is 4.36. The number of anilines is 2. The van der Waals surface area contributed by atoms with E-state index in [0.717, 1.165) is 53.8 Å². The van der Waals surface area contributed by atoms with Crippen LogP contribution in [0.25, 0.3) is 10.2 Å². The predicted octanol–water partition coefficient (Wildman–Crippen LogP) is 4.73. The van der Waals surface area contributed by atoms with Gasteiger partial charge in [-0.05, 0) is 54.6 Å². The zero-order valence-electron chi connectivity index (χ0n) is 21.7. The maximum absolute atomic E-state index is 12.7. The SMILES string of the molecule is COc1cccc2sc(N3CCN(CCNC(=O)c4cccc(NS(=O)(=O)c5ccc(Cl)cc5)c4)CC3)nc12.Cl. The lowest BCUT2D eigenvalue weighted by atomic mass is 10.2. The number of methoxy groups -OCH3 is 1. The molecule has 5 rings (SSSR count). The predicted molar refractivity (Wildman–Crippen MR) is 163 cm³/mol. The van der Waals surface area contributed by atoms with E-state index in [0.29, 0.717) is 22.8 Å². The molecule has 212 valence electrons. The number of carbonyl (C=O) groups is 1. The summed E-state index contributed by atoms with van der Waals surface area (Å²) < 4.78 is 34.4. The van der Waals surface area contributed by atoms with E-state index in [1.54, 1.807) is 36.6 Å². The molecule has 2 heterocycles. The van der Waals surface area contributed by atoms with E-state index in [4.69, 9.17) is 21.3 Å². The number of ether oxygens (including phenoxy) is 1. The summed E-state index contributed by atoms with van der Waals surface area (Å²) in [7, 11) is -2.14. The molecule has 1 saturated heterocycles. The Morgan fingerprint density at radius 3 is 2.50 bits per heavy atom. The first-order valence-electron chi connectivity index (χ1n) is 12.4. The zero-order chi connectivity index (χ0) is 27.4. The Morgan fingerprint density at radius 1 is 1.05 bits per heavy atom. The number of aromatic nitrogens is 1. The number of rotatable bonds is 9. The number of para-hydroxylation sites is 1. The molecular formula is C27H29Cl2N5O4S2. The molecule has 40 heavy (non-hydrogen) atoms. The van der Waals surface area contributed by atoms with Crippen molar-refractivity contribution in [1.29, 1.82) is 0 Å². The van der Waals surface area contributed by atoms with E-state index in [2.05, 4.69) is 25.9 Å². The van der Waals surface area contributed by atoms with Gasteiger partial charge in [0.25, 0.3) is 15.9 Å². The van der Waals surface area contributed by atoms with Gasteiger partial charge in [-0.1, -0.05) is 35.1 Å². The summed E-state index contributed by atoms with van der Waals surface area (Å²) in [6, 6.07) is 18.3. The lowest BCUT2D eigenvalue weighted by Gasteiger charge is -2.34. The molecule has 13 heteroatoms. The lowest BCUT2D eigenvalue weighted by molar-refractivity contribution is 0.0948. The van der Waals surface area contributed by atoms with Crippen molar-refractivity contribution in [2.24, 2.45) is 0 Å². The molecule has 0 aliphatic carbocycles. The fraction of sp³-hybridized carbons (Fsp3) is 0.259. The van der Waals surface area contributed by atoms with Gasteiger partial charge in [0, 0.05) is 55.5 Å². The first kappa shape index (κ1) is 29.9. The van der Waals surface area contributed by atoms with E-state index in [1.165, 1.54) is 30.3 Å². The Bertz CT molecular complexity index is 1570. The number of nitrogens with one attached hydrogen (secondary N) is 2. The second kappa shape index (κ2) is 13.0. The summed E-state index contributed by atoms with van der Waals surface area (Å²) >= 11 is 7.52. The summed E-state index contributed by atoms with van der Waals surface area (Å²) in [5.74, 6) is 0.526. The van der Waals surface area contributed by atoms with Gasteiger partial charge in [-0.25, -0.2) is 13.4 Å². The van der Waals surface area contributed by atoms with Crippen molar-refractivity contribution < 1.29 is 17.9 Å². The Morgan fingerprint density at radius 2 is 1.77 bits per heavy atom. The summed E-state index contributed by atoms with van der Waals surface area (Å²) in [5, 5.41) is 4.38. The van der Waals surface area contributed by atoms with Crippen molar-refractivity contribution in [1.82, 2.24) is 15.2 Å². The minimum Gasteiger partial charge on any atom is -0.494 e. The molecule has 9 nitrogen and oxygen atoms in total. The number of benzene rings is 3. The zero-order valence-corrected chi connectivity index (χ0v) is 24.9. The highest BCUT2D eigenvalue weighted by Crippen LogP contribution is 2.34. The number of halogens is 2. The standard InChI is InChI=1S/C27H28ClN5O4S2.ClH/c1-37-23-6-3-7-24-25(23)30-27(38-24)33-16-14-32(15-17-33)13-12-29-26(34)19-4-2-5-21(18-19)31-39(35,36)22-10-8-20(28)9-11-22;/h2-11,18,31H,12-17H2,1H3,(H,29,34);1H. The first-order chi connectivity index (χ1) is 18.8. The third kappa shape index (κ3) is 6.97. The van der Waals surface area contributed by atoms with Crippen molar-refractivity contribution >= 4 is 72.3 Å². The van der Waals surface area contributed by atoms with Gasteiger partial charge in [0.1, 0.15) is 11.3 Å². The molecule has 0 bridgehead atoms. The Labute approximate surface area is 248 Å². The molecule has 1 fully saturated rings. The third-order valence-electron chi connectivity index (χ3n) is 6.45. The van der Waals surface area contributed by atoms with Crippen LogP contribution in [0.1, 0.15) is 10.4 Å². The first-order valence-corrected chi connectivity index (χ1v) is 15.1. The van der Waals surface area contributed by atoms with Gasteiger partial charge in [-0.15, -0.1) is 12.4 Å². The van der Waals surface area contributed by atoms with Crippen LogP contribution in [0.15, 0.2) is 71.6 Å². The van der Waals surface area contributed by atoms with Crippen molar-refractivity contribution in [3.8, 4) is 5.75 Å². The quantitative estimate of drug-likeness (QED) is 0.278. The van der Waals surface area contributed by atoms with Crippen molar-refractivity contribution in [2.45, 2.75) is 4.90 Å². The number of sulfonamides is 1. The number of piperazine rings is 1. The van der Waals surface area contributed by atoms with Crippen LogP contribution >= 0.6 is 35.3 Å². The molecule has 1 aliphatic rings. The van der Waals surface area contributed by atoms with E-state index < -0.39 is 10.0 Å². The third-order valence-corrected chi connectivity index (χ3v) is 9.18. The van der Waals surface area contributed by atoms with Crippen LogP contribution in [0.5, 0.6) is 5.75 Å². The number of fused-ring (bicyclic) bond motifs is 1. The van der Waals surface area contributed by atoms with Crippen LogP contribution in [0, 0.1) is 0 Å². The van der Waals surface area contributed by atoms with Crippen molar-refractivity contribution in [2.75, 3.05) is 56.0 Å². The van der Waals surface area contributed by atoms with Gasteiger partial charge in [0.15, 0.2) is 5.13 Å². The molecule has 0 spiro atoms. The summed E-state index contributed by atoms with van der Waals surface area (Å²) in [5.41, 5.74) is 1.58. The topological polar surface area (TPSA) is 104 Å². The van der Waals surface area contributed by atoms with E-state index >= 15 is 0 Å². The van der Waals surface area contributed by atoms with Gasteiger partial charge < -0.3 is 15.0 Å². The smallest absolute Gasteiger partial charge is 0.261 e. The van der Waals surface area contributed by atoms with Crippen LogP contribution in [0.3, 0.4) is 0 Å². The molecule has 0 saturated carbocycles. The van der Waals surface area contributed by atoms with Crippen molar-refractivity contribution in [3.05, 3.63) is 77.3 Å². The van der Waals surface area contributed by atoms with Crippen LogP contribution < -0.4 is 19.7 Å². The molecule has 3 aromatic carbocycles. The number of hydrogen-bond donors (Lipinski definition) is 2. The molecule has 2 N–H and O–H groups in total. The van der Waals surface area contributed by atoms with E-state index in [9.17, 15) is 13.2 Å². The van der Waals surface area contributed by atoms with Crippen molar-refractivity contribution in [3.63, 3.8) is 0 Å². The normalized spacial score (nSPS) is 14.0. The maximum Gasteiger partial charge on any atom is 0.261 e. The lowest BCUT2D eigenvalue weighted by Crippen LogP contribution is -2.48. The summed E-state index contributed by atoms with van der Waals surface area (Å²) in [6.45, 7) is 4.64. The molecular weight excluding hydrogens is 593 g/mol. The minimum absolute atomic E-state index is 0. The van der Waals surface area contributed by atoms with Gasteiger partial charge >= 0.3 is 0 Å². The molecule has 0 atom stereocenters. The monoisotopic (exact) mass is 621 g/mol. The number of thiazole rings is 1. The molecule has 4 aromatic rings. The number of amides is 1. The summed E-state index contributed by atoms with van der Waals surface area (Å²) in [6.07, 6.45) is 0. The number of hydrogen-bond acceptors (Lipinski definition) is 8. The number of nitrogens with zero attached hydrogens (tertiary/aromatic N) is 3. The van der Waals surface area contributed by atoms with E-state index in [-0.39, 0.29) is 23.2 Å². The second-order valence-corrected chi connectivity index (χ2v) is 12.2. The Balaban J connectivity index is 0.00000370. The molecule has 0 radical (unpaired) electrons. The summed E-state index contributed by atoms with van der Waals surface area (Å²) in [4.78, 5) is 22.2. The van der Waals surface area contributed by atoms with Gasteiger partial charge in [-0.3, -0.25) is 14.4 Å². The minimum atomic E-state index is -3.80. The van der Waals surface area contributed by atoms with Gasteiger partial charge in [0.05, 0.1) is 16.7 Å². The largest absolute Gasteiger partial charge is 0.494 e. The highest BCUT2D eigenvalue weighted by molar-refractivity contribution is 7.92. The maximum atomic E-state index is 12.7. The Hall–Kier alpha value is -3.09.